The van der Waals surface area contributed by atoms with E-state index in [0.717, 1.165) is 44.7 Å². The minimum Gasteiger partial charge on any atom is -0.444 e. The highest BCUT2D eigenvalue weighted by atomic mass is 28.4. The van der Waals surface area contributed by atoms with E-state index in [0.29, 0.717) is 57.9 Å². The quantitative estimate of drug-likeness (QED) is 0.0954. The van der Waals surface area contributed by atoms with Gasteiger partial charge < -0.3 is 52.2 Å². The van der Waals surface area contributed by atoms with Gasteiger partial charge in [0.1, 0.15) is 17.1 Å². The fourth-order valence-corrected chi connectivity index (χ4v) is 25.8. The molecule has 0 spiro atoms. The minimum atomic E-state index is -3.68. The monoisotopic (exact) mass is 1360 g/mol. The van der Waals surface area contributed by atoms with E-state index < -0.39 is 105 Å². The number of hydrogen-bond donors (Lipinski definition) is 2. The number of methoxy groups -OCH3 is 1. The highest BCUT2D eigenvalue weighted by Gasteiger charge is 2.63. The van der Waals surface area contributed by atoms with Gasteiger partial charge in [-0.2, -0.15) is 0 Å². The minimum absolute atomic E-state index is 0.0234. The molecule has 18 atom stereocenters. The number of nitrogens with zero attached hydrogens (tertiary/aromatic N) is 1. The first-order chi connectivity index (χ1) is 46.0. The van der Waals surface area contributed by atoms with Crippen molar-refractivity contribution in [2.24, 2.45) is 23.7 Å². The van der Waals surface area contributed by atoms with Crippen LogP contribution >= 0.6 is 0 Å². The standard InChI is InChI=1S/C80H107NO14Si2/c1-50-40-56-36-38-66-51(2)41-55(88-66)35-34-53(82)44-69-64(47-78(7,8)96(85,59-26-18-14-19-27-59)60-28-20-15-21-29-60)74-75(93-69)65(48-79(9,10)97(86,61-30-22-16-23-31-61)62-32-24-17-25-33-62)73-67(92-74)39-37-57(90-73)42-54(83)43-63-70(46-68(89-56)52(50)3)91-71(72(63)87-13)45-58-49-81(80(11,12)94-58)76(84)95-77(4,5)6/h14-35,50,55-58,63-75,85-86H,2-3,36-49H2,1,4-13H3/b35-34+/t50-,55?,56+,57?,58+,63+,64+,65+,66+,67+,68?,69-,70+,71-,72-,73-,74+,75+/m1/s1. The number of allylic oxidation sites excluding steroid dienone is 1. The van der Waals surface area contributed by atoms with Gasteiger partial charge >= 0.3 is 6.09 Å². The number of carbonyl (C=O) groups is 3. The summed E-state index contributed by atoms with van der Waals surface area (Å²) >= 11 is 0. The number of rotatable bonds is 13. The number of hydrogen-bond acceptors (Lipinski definition) is 14. The van der Waals surface area contributed by atoms with Crippen molar-refractivity contribution < 1.29 is 66.6 Å². The Hall–Kier alpha value is -5.26. The maximum Gasteiger partial charge on any atom is 0.412 e. The average Bonchev–Trinajstić information content (AvgIpc) is 1.72. The summed E-state index contributed by atoms with van der Waals surface area (Å²) in [6.07, 6.45) is 3.10. The summed E-state index contributed by atoms with van der Waals surface area (Å²) in [5.41, 5.74) is 0.330. The zero-order valence-corrected chi connectivity index (χ0v) is 61.1. The van der Waals surface area contributed by atoms with Gasteiger partial charge in [0.05, 0.1) is 92.0 Å². The molecule has 0 saturated carbocycles. The third-order valence-corrected chi connectivity index (χ3v) is 32.2. The number of ether oxygens (including phenoxy) is 9. The van der Waals surface area contributed by atoms with Crippen molar-refractivity contribution in [3.05, 3.63) is 158 Å². The van der Waals surface area contributed by atoms with E-state index >= 15 is 4.79 Å². The number of amides is 1. The number of Topliss-reactive ketones (excluding diaryl/α,β-unsaturated/α-hetero) is 1. The first-order valence-corrected chi connectivity index (χ1v) is 39.8. The van der Waals surface area contributed by atoms with Crippen LogP contribution in [0.3, 0.4) is 0 Å². The van der Waals surface area contributed by atoms with Gasteiger partial charge in [-0.15, -0.1) is 0 Å². The van der Waals surface area contributed by atoms with E-state index in [1.54, 1.807) is 18.1 Å². The van der Waals surface area contributed by atoms with E-state index in [-0.39, 0.29) is 78.9 Å². The molecule has 7 saturated heterocycles. The molecule has 15 nitrogen and oxygen atoms in total. The molecule has 97 heavy (non-hydrogen) atoms. The van der Waals surface area contributed by atoms with E-state index in [4.69, 9.17) is 42.6 Å². The van der Waals surface area contributed by atoms with Crippen LogP contribution < -0.4 is 20.7 Å². The maximum absolute atomic E-state index is 15.4. The number of ketones is 2. The van der Waals surface area contributed by atoms with E-state index in [1.807, 2.05) is 138 Å². The summed E-state index contributed by atoms with van der Waals surface area (Å²) in [6.45, 7) is 29.7. The van der Waals surface area contributed by atoms with Gasteiger partial charge in [0.2, 0.25) is 0 Å². The van der Waals surface area contributed by atoms with Crippen molar-refractivity contribution in [3.8, 4) is 0 Å². The van der Waals surface area contributed by atoms with Crippen LogP contribution in [0.15, 0.2) is 158 Å². The van der Waals surface area contributed by atoms with Crippen molar-refractivity contribution in [1.29, 1.82) is 0 Å². The van der Waals surface area contributed by atoms with Crippen LogP contribution in [0.5, 0.6) is 0 Å². The average molecular weight is 1360 g/mol. The topological polar surface area (TPSA) is 178 Å². The van der Waals surface area contributed by atoms with Gasteiger partial charge in [0, 0.05) is 63.4 Å². The number of benzene rings is 4. The Morgan fingerprint density at radius 2 is 1.16 bits per heavy atom. The Balaban J connectivity index is 0.913. The van der Waals surface area contributed by atoms with E-state index in [1.165, 1.54) is 0 Å². The predicted molar refractivity (Wildman–Crippen MR) is 380 cm³/mol. The van der Waals surface area contributed by atoms with Gasteiger partial charge in [0.15, 0.2) is 5.78 Å². The fourth-order valence-electron chi connectivity index (χ4n) is 18.3. The van der Waals surface area contributed by atoms with E-state index in [9.17, 15) is 19.2 Å². The summed E-state index contributed by atoms with van der Waals surface area (Å²) < 4.78 is 62.7. The summed E-state index contributed by atoms with van der Waals surface area (Å²) in [5, 5.41) is 2.04. The molecule has 12 rings (SSSR count). The van der Waals surface area contributed by atoms with Crippen LogP contribution in [0.25, 0.3) is 0 Å². The van der Waals surface area contributed by atoms with Crippen molar-refractivity contribution >= 4 is 55.0 Å². The Morgan fingerprint density at radius 3 is 1.73 bits per heavy atom. The van der Waals surface area contributed by atoms with Crippen molar-refractivity contribution in [2.75, 3.05) is 13.7 Å². The molecule has 524 valence electrons. The van der Waals surface area contributed by atoms with Gasteiger partial charge in [-0.1, -0.05) is 175 Å². The Bertz CT molecular complexity index is 3370. The molecule has 17 heteroatoms. The Morgan fingerprint density at radius 1 is 0.619 bits per heavy atom. The largest absolute Gasteiger partial charge is 0.444 e. The molecule has 8 aliphatic heterocycles. The summed E-state index contributed by atoms with van der Waals surface area (Å²) in [7, 11) is -5.62. The lowest BCUT2D eigenvalue weighted by molar-refractivity contribution is -0.242. The molecule has 1 amide bonds. The van der Waals surface area contributed by atoms with Crippen LogP contribution in [-0.2, 0) is 52.2 Å². The molecule has 0 aromatic heterocycles. The van der Waals surface area contributed by atoms with E-state index in [2.05, 4.69) is 72.0 Å². The zero-order chi connectivity index (χ0) is 69.0. The van der Waals surface area contributed by atoms with Gasteiger partial charge in [0.25, 0.3) is 16.6 Å². The SMILES string of the molecule is C=C1C2C[C@@H]3O[C@H](C[C@H]4CN(C(=O)OC(C)(C)C)C(C)(C)O4)[C@H](OC)[C@H]3CC(=O)CC3CC[C@@H]4O[C@H]5[C@@H](CC(C)(C)[Si](O)(c6ccccc6)c6ccccc6)[C@@H](CC(=O)/C=C/C6CC(=C)[C@H](CC[C@@H](C[C@H]1C)O2)O6)O[C@H]5[C@@H](CC(C)(C)[Si](O)(c1ccccc1)c1ccccc1)[C@H]4O3. The Labute approximate surface area is 578 Å². The fraction of sp³-hybridized carbons (Fsp3) is 0.588. The van der Waals surface area contributed by atoms with Gasteiger partial charge in [-0.05, 0) is 134 Å². The lowest BCUT2D eigenvalue weighted by Gasteiger charge is -2.52. The van der Waals surface area contributed by atoms with Crippen LogP contribution in [0.4, 0.5) is 4.79 Å². The zero-order valence-electron chi connectivity index (χ0n) is 59.1. The van der Waals surface area contributed by atoms with Crippen molar-refractivity contribution in [1.82, 2.24) is 4.90 Å². The number of carbonyl (C=O) groups excluding carboxylic acids is 3. The second-order valence-electron chi connectivity index (χ2n) is 32.3. The molecule has 7 fully saturated rings. The first kappa shape index (κ1) is 71.6. The lowest BCUT2D eigenvalue weighted by Crippen LogP contribution is -2.67. The lowest BCUT2D eigenvalue weighted by atomic mass is 9.74. The Kier molecular flexibility index (Phi) is 21.1. The third kappa shape index (κ3) is 14.8. The maximum atomic E-state index is 15.4. The van der Waals surface area contributed by atoms with Crippen LogP contribution in [0.2, 0.25) is 10.1 Å². The molecule has 0 aliphatic carbocycles. The van der Waals surface area contributed by atoms with Crippen molar-refractivity contribution in [2.45, 2.75) is 260 Å². The molecule has 0 radical (unpaired) electrons. The summed E-state index contributed by atoms with van der Waals surface area (Å²) in [6, 6.07) is 40.3. The summed E-state index contributed by atoms with van der Waals surface area (Å²) in [5.74, 6) is -1.04. The van der Waals surface area contributed by atoms with Crippen LogP contribution in [-0.4, -0.2) is 159 Å². The van der Waals surface area contributed by atoms with Gasteiger partial charge in [-0.25, -0.2) is 4.79 Å². The molecular weight excluding hydrogens is 1260 g/mol. The molecule has 4 aromatic rings. The highest BCUT2D eigenvalue weighted by molar-refractivity contribution is 6.99. The predicted octanol–water partition coefficient (Wildman–Crippen LogP) is 11.4. The molecule has 3 unspecified atom stereocenters. The normalized spacial score (nSPS) is 34.1. The molecular formula is C80H107NO14Si2. The molecule has 8 heterocycles. The smallest absolute Gasteiger partial charge is 0.412 e. The van der Waals surface area contributed by atoms with Crippen LogP contribution in [0, 0.1) is 23.7 Å². The number of fused-ring (bicyclic) bond motifs is 7. The van der Waals surface area contributed by atoms with Crippen LogP contribution in [0.1, 0.15) is 153 Å². The molecule has 2 N–H and O–H groups in total. The van der Waals surface area contributed by atoms with Gasteiger partial charge in [-0.3, -0.25) is 14.5 Å². The molecule has 8 aliphatic rings. The molecule has 4 aromatic carbocycles. The van der Waals surface area contributed by atoms with Crippen molar-refractivity contribution in [3.63, 3.8) is 0 Å². The first-order valence-electron chi connectivity index (χ1n) is 36.0. The third-order valence-electron chi connectivity index (χ3n) is 23.2. The second kappa shape index (κ2) is 28.6. The highest BCUT2D eigenvalue weighted by Crippen LogP contribution is 2.56. The second-order valence-corrected chi connectivity index (χ2v) is 40.2. The molecule has 8 bridgehead atoms. The summed E-state index contributed by atoms with van der Waals surface area (Å²) in [4.78, 5) is 73.4.